The molecule has 2 aromatic rings. The molecule has 24 heavy (non-hydrogen) atoms. The lowest BCUT2D eigenvalue weighted by Crippen LogP contribution is -2.21. The van der Waals surface area contributed by atoms with E-state index in [1.165, 1.54) is 31.4 Å². The average molecular weight is 327 g/mol. The van der Waals surface area contributed by atoms with Gasteiger partial charge in [0.2, 0.25) is 0 Å². The topological polar surface area (TPSA) is 75.6 Å². The highest BCUT2D eigenvalue weighted by Crippen LogP contribution is 2.34. The second-order valence-corrected chi connectivity index (χ2v) is 5.25. The Morgan fingerprint density at radius 1 is 1.17 bits per heavy atom. The van der Waals surface area contributed by atoms with Crippen LogP contribution in [0.15, 0.2) is 54.1 Å². The minimum Gasteiger partial charge on any atom is -0.507 e. The minimum absolute atomic E-state index is 0.112. The molecule has 5 nitrogen and oxygen atoms in total. The molecule has 0 bridgehead atoms. The third-order valence-corrected chi connectivity index (χ3v) is 3.83. The molecule has 0 saturated carbocycles. The van der Waals surface area contributed by atoms with E-state index in [2.05, 4.69) is 5.32 Å². The van der Waals surface area contributed by atoms with Crippen LogP contribution in [-0.4, -0.2) is 23.9 Å². The summed E-state index contributed by atoms with van der Waals surface area (Å²) < 4.78 is 19.2. The highest BCUT2D eigenvalue weighted by molar-refractivity contribution is 6.46. The summed E-state index contributed by atoms with van der Waals surface area (Å²) in [7, 11) is 1.47. The van der Waals surface area contributed by atoms with Crippen molar-refractivity contribution in [1.29, 1.82) is 0 Å². The Balaban J connectivity index is 2.15. The molecule has 0 spiro atoms. The SMILES string of the molecule is COc1cccc(C(O)=C2C(=O)C(=O)N[C@@H]2c2ccccc2F)c1. The predicted octanol–water partition coefficient (Wildman–Crippen LogP) is 2.54. The van der Waals surface area contributed by atoms with Gasteiger partial charge in [-0.3, -0.25) is 9.59 Å². The molecule has 1 saturated heterocycles. The number of carbonyl (C=O) groups excluding carboxylic acids is 2. The lowest BCUT2D eigenvalue weighted by molar-refractivity contribution is -0.133. The van der Waals surface area contributed by atoms with Crippen LogP contribution < -0.4 is 10.1 Å². The van der Waals surface area contributed by atoms with Crippen molar-refractivity contribution in [2.45, 2.75) is 6.04 Å². The monoisotopic (exact) mass is 327 g/mol. The first-order valence-corrected chi connectivity index (χ1v) is 7.20. The number of halogens is 1. The summed E-state index contributed by atoms with van der Waals surface area (Å²) in [4.78, 5) is 24.0. The fourth-order valence-electron chi connectivity index (χ4n) is 2.63. The van der Waals surface area contributed by atoms with Crippen LogP contribution in [-0.2, 0) is 9.59 Å². The van der Waals surface area contributed by atoms with Crippen molar-refractivity contribution in [2.24, 2.45) is 0 Å². The molecule has 1 amide bonds. The largest absolute Gasteiger partial charge is 0.507 e. The summed E-state index contributed by atoms with van der Waals surface area (Å²) >= 11 is 0. The van der Waals surface area contributed by atoms with Gasteiger partial charge in [0, 0.05) is 11.1 Å². The van der Waals surface area contributed by atoms with Crippen molar-refractivity contribution < 1.29 is 23.8 Å². The summed E-state index contributed by atoms with van der Waals surface area (Å²) in [6.45, 7) is 0. The molecule has 2 N–H and O–H groups in total. The Kier molecular flexibility index (Phi) is 4.04. The number of aliphatic hydroxyl groups is 1. The Hall–Kier alpha value is -3.15. The second kappa shape index (κ2) is 6.16. The van der Waals surface area contributed by atoms with Crippen LogP contribution in [0.4, 0.5) is 4.39 Å². The first-order valence-electron chi connectivity index (χ1n) is 7.20. The van der Waals surface area contributed by atoms with Gasteiger partial charge in [0.1, 0.15) is 17.3 Å². The lowest BCUT2D eigenvalue weighted by Gasteiger charge is -2.14. The zero-order valence-corrected chi connectivity index (χ0v) is 12.7. The fourth-order valence-corrected chi connectivity index (χ4v) is 2.63. The summed E-state index contributed by atoms with van der Waals surface area (Å²) in [5, 5.41) is 13.0. The van der Waals surface area contributed by atoms with E-state index in [9.17, 15) is 19.1 Å². The molecule has 1 heterocycles. The average Bonchev–Trinajstić information content (AvgIpc) is 2.89. The lowest BCUT2D eigenvalue weighted by atomic mass is 9.95. The zero-order chi connectivity index (χ0) is 17.3. The number of aliphatic hydroxyl groups excluding tert-OH is 1. The van der Waals surface area contributed by atoms with Crippen LogP contribution in [0.5, 0.6) is 5.75 Å². The van der Waals surface area contributed by atoms with Crippen molar-refractivity contribution in [3.63, 3.8) is 0 Å². The molecule has 0 radical (unpaired) electrons. The van der Waals surface area contributed by atoms with Crippen molar-refractivity contribution in [3.8, 4) is 5.75 Å². The van der Waals surface area contributed by atoms with Gasteiger partial charge in [-0.05, 0) is 18.2 Å². The van der Waals surface area contributed by atoms with Crippen molar-refractivity contribution >= 4 is 17.4 Å². The van der Waals surface area contributed by atoms with Gasteiger partial charge in [0.05, 0.1) is 18.7 Å². The second-order valence-electron chi connectivity index (χ2n) is 5.25. The quantitative estimate of drug-likeness (QED) is 0.516. The highest BCUT2D eigenvalue weighted by Gasteiger charge is 2.40. The standard InChI is InChI=1S/C18H14FNO4/c1-24-11-6-4-5-10(9-11)16(21)14-15(20-18(23)17(14)22)12-7-2-3-8-13(12)19/h2-9,15,21H,1H3,(H,20,23)/t15-/m1/s1. The van der Waals surface area contributed by atoms with Gasteiger partial charge >= 0.3 is 0 Å². The van der Waals surface area contributed by atoms with E-state index in [0.29, 0.717) is 11.3 Å². The van der Waals surface area contributed by atoms with Gasteiger partial charge in [-0.1, -0.05) is 30.3 Å². The summed E-state index contributed by atoms with van der Waals surface area (Å²) in [5.41, 5.74) is 0.232. The molecule has 1 aliphatic rings. The van der Waals surface area contributed by atoms with E-state index in [0.717, 1.165) is 0 Å². The van der Waals surface area contributed by atoms with Gasteiger partial charge in [-0.2, -0.15) is 0 Å². The van der Waals surface area contributed by atoms with Crippen molar-refractivity contribution in [2.75, 3.05) is 7.11 Å². The molecule has 0 aromatic heterocycles. The molecule has 6 heteroatoms. The maximum absolute atomic E-state index is 14.1. The number of Topliss-reactive ketones (excluding diaryl/α,β-unsaturated/α-hetero) is 1. The number of hydrogen-bond donors (Lipinski definition) is 2. The van der Waals surface area contributed by atoms with E-state index in [-0.39, 0.29) is 16.9 Å². The third kappa shape index (κ3) is 2.62. The predicted molar refractivity (Wildman–Crippen MR) is 84.8 cm³/mol. The normalized spacial score (nSPS) is 19.2. The van der Waals surface area contributed by atoms with Crippen molar-refractivity contribution in [1.82, 2.24) is 5.32 Å². The van der Waals surface area contributed by atoms with Gasteiger partial charge in [-0.15, -0.1) is 0 Å². The molecule has 122 valence electrons. The summed E-state index contributed by atoms with van der Waals surface area (Å²) in [5.74, 6) is -2.25. The Morgan fingerprint density at radius 3 is 2.62 bits per heavy atom. The summed E-state index contributed by atoms with van der Waals surface area (Å²) in [6.07, 6.45) is 0. The molecule has 3 rings (SSSR count). The first kappa shape index (κ1) is 15.7. The smallest absolute Gasteiger partial charge is 0.293 e. The van der Waals surface area contributed by atoms with Gasteiger partial charge < -0.3 is 15.2 Å². The number of amides is 1. The number of carbonyl (C=O) groups is 2. The van der Waals surface area contributed by atoms with E-state index in [1.54, 1.807) is 24.3 Å². The van der Waals surface area contributed by atoms with Gasteiger partial charge in [0.25, 0.3) is 11.7 Å². The molecule has 0 unspecified atom stereocenters. The van der Waals surface area contributed by atoms with Crippen LogP contribution in [0.3, 0.4) is 0 Å². The molecular weight excluding hydrogens is 313 g/mol. The fraction of sp³-hybridized carbons (Fsp3) is 0.111. The van der Waals surface area contributed by atoms with Crippen LogP contribution in [0.2, 0.25) is 0 Å². The highest BCUT2D eigenvalue weighted by atomic mass is 19.1. The number of ether oxygens (including phenoxy) is 1. The zero-order valence-electron chi connectivity index (χ0n) is 12.7. The molecule has 1 fully saturated rings. The van der Waals surface area contributed by atoms with Crippen LogP contribution in [0.1, 0.15) is 17.2 Å². The molecule has 0 aliphatic carbocycles. The molecular formula is C18H14FNO4. The Bertz CT molecular complexity index is 860. The molecule has 2 aromatic carbocycles. The number of ketones is 1. The van der Waals surface area contributed by atoms with Gasteiger partial charge in [0.15, 0.2) is 0 Å². The van der Waals surface area contributed by atoms with E-state index in [1.807, 2.05) is 0 Å². The van der Waals surface area contributed by atoms with Crippen molar-refractivity contribution in [3.05, 3.63) is 71.0 Å². The Morgan fingerprint density at radius 2 is 1.92 bits per heavy atom. The third-order valence-electron chi connectivity index (χ3n) is 3.83. The number of hydrogen-bond acceptors (Lipinski definition) is 4. The molecule has 1 atom stereocenters. The van der Waals surface area contributed by atoms with E-state index < -0.39 is 23.5 Å². The van der Waals surface area contributed by atoms with Gasteiger partial charge in [-0.25, -0.2) is 4.39 Å². The van der Waals surface area contributed by atoms with E-state index >= 15 is 0 Å². The maximum Gasteiger partial charge on any atom is 0.293 e. The van der Waals surface area contributed by atoms with Crippen LogP contribution in [0.25, 0.3) is 5.76 Å². The number of nitrogens with one attached hydrogen (secondary N) is 1. The minimum atomic E-state index is -1.04. The number of benzene rings is 2. The van der Waals surface area contributed by atoms with Crippen LogP contribution in [0, 0.1) is 5.82 Å². The number of rotatable bonds is 3. The number of methoxy groups -OCH3 is 1. The molecule has 1 aliphatic heterocycles. The first-order chi connectivity index (χ1) is 11.5. The van der Waals surface area contributed by atoms with E-state index in [4.69, 9.17) is 4.74 Å². The Labute approximate surface area is 137 Å². The summed E-state index contributed by atoms with van der Waals surface area (Å²) in [6, 6.07) is 11.1. The maximum atomic E-state index is 14.1. The van der Waals surface area contributed by atoms with Crippen LogP contribution >= 0.6 is 0 Å².